The van der Waals surface area contributed by atoms with Gasteiger partial charge in [-0.05, 0) is 6.92 Å². The van der Waals surface area contributed by atoms with Gasteiger partial charge in [-0.1, -0.05) is 5.92 Å². The van der Waals surface area contributed by atoms with E-state index in [-0.39, 0.29) is 5.91 Å². The van der Waals surface area contributed by atoms with Crippen molar-refractivity contribution in [3.05, 3.63) is 0 Å². The number of amides is 1. The number of alkyl halides is 1. The topological polar surface area (TPSA) is 20.3 Å². The van der Waals surface area contributed by atoms with Gasteiger partial charge < -0.3 is 4.90 Å². The van der Waals surface area contributed by atoms with Gasteiger partial charge in [-0.25, -0.2) is 0 Å². The minimum atomic E-state index is 0.0282. The van der Waals surface area contributed by atoms with Crippen LogP contribution in [0.3, 0.4) is 0 Å². The molecule has 0 fully saturated rings. The van der Waals surface area contributed by atoms with E-state index in [1.54, 1.807) is 4.90 Å². The molecule has 1 amide bonds. The number of nitrogens with zero attached hydrogens (tertiary/aromatic N) is 1. The molecule has 0 saturated carbocycles. The average Bonchev–Trinajstić information content (AvgIpc) is 2.00. The molecule has 0 aromatic heterocycles. The first kappa shape index (κ1) is 10.3. The SMILES string of the molecule is C#CCN(CC)C(=O)CCCl. The van der Waals surface area contributed by atoms with E-state index in [1.165, 1.54) is 0 Å². The summed E-state index contributed by atoms with van der Waals surface area (Å²) in [6, 6.07) is 0. The lowest BCUT2D eigenvalue weighted by atomic mass is 10.4. The van der Waals surface area contributed by atoms with Crippen molar-refractivity contribution in [2.24, 2.45) is 0 Å². The zero-order valence-electron chi connectivity index (χ0n) is 6.64. The third-order valence-electron chi connectivity index (χ3n) is 1.32. The van der Waals surface area contributed by atoms with E-state index in [4.69, 9.17) is 18.0 Å². The van der Waals surface area contributed by atoms with E-state index in [1.807, 2.05) is 6.92 Å². The molecule has 0 aromatic carbocycles. The quantitative estimate of drug-likeness (QED) is 0.461. The molecule has 3 heteroatoms. The summed E-state index contributed by atoms with van der Waals surface area (Å²) in [5.41, 5.74) is 0. The third-order valence-corrected chi connectivity index (χ3v) is 1.51. The highest BCUT2D eigenvalue weighted by Gasteiger charge is 2.07. The van der Waals surface area contributed by atoms with Crippen LogP contribution in [-0.2, 0) is 4.79 Å². The predicted molar refractivity (Wildman–Crippen MR) is 46.4 cm³/mol. The highest BCUT2D eigenvalue weighted by molar-refractivity contribution is 6.18. The molecule has 0 aromatic rings. The van der Waals surface area contributed by atoms with Crippen molar-refractivity contribution >= 4 is 17.5 Å². The summed E-state index contributed by atoms with van der Waals surface area (Å²) < 4.78 is 0. The highest BCUT2D eigenvalue weighted by Crippen LogP contribution is 1.94. The van der Waals surface area contributed by atoms with Crippen LogP contribution in [0.4, 0.5) is 0 Å². The van der Waals surface area contributed by atoms with Crippen LogP contribution in [0.2, 0.25) is 0 Å². The molecule has 0 radical (unpaired) electrons. The number of hydrogen-bond donors (Lipinski definition) is 0. The molecule has 11 heavy (non-hydrogen) atoms. The number of carbonyl (C=O) groups excluding carboxylic acids is 1. The molecule has 0 saturated heterocycles. The first-order chi connectivity index (χ1) is 5.26. The molecule has 0 aliphatic rings. The van der Waals surface area contributed by atoms with Crippen LogP contribution in [0.5, 0.6) is 0 Å². The lowest BCUT2D eigenvalue weighted by Gasteiger charge is -2.16. The summed E-state index contributed by atoms with van der Waals surface area (Å²) in [6.07, 6.45) is 5.43. The fourth-order valence-corrected chi connectivity index (χ4v) is 0.887. The molecule has 0 heterocycles. The van der Waals surface area contributed by atoms with E-state index in [9.17, 15) is 4.79 Å². The smallest absolute Gasteiger partial charge is 0.224 e. The maximum atomic E-state index is 11.1. The van der Waals surface area contributed by atoms with Crippen molar-refractivity contribution in [3.8, 4) is 12.3 Å². The van der Waals surface area contributed by atoms with Crippen LogP contribution < -0.4 is 0 Å². The number of terminal acetylenes is 1. The van der Waals surface area contributed by atoms with Gasteiger partial charge in [0.05, 0.1) is 6.54 Å². The molecule has 62 valence electrons. The van der Waals surface area contributed by atoms with Crippen LogP contribution in [0.1, 0.15) is 13.3 Å². The molecule has 0 unspecified atom stereocenters. The van der Waals surface area contributed by atoms with Crippen molar-refractivity contribution in [1.29, 1.82) is 0 Å². The van der Waals surface area contributed by atoms with Gasteiger partial charge in [0, 0.05) is 18.8 Å². The lowest BCUT2D eigenvalue weighted by Crippen LogP contribution is -2.31. The first-order valence-electron chi connectivity index (χ1n) is 3.53. The van der Waals surface area contributed by atoms with Gasteiger partial charge in [0.2, 0.25) is 5.91 Å². The van der Waals surface area contributed by atoms with Crippen molar-refractivity contribution in [2.75, 3.05) is 19.0 Å². The first-order valence-corrected chi connectivity index (χ1v) is 4.06. The molecule has 2 nitrogen and oxygen atoms in total. The van der Waals surface area contributed by atoms with Gasteiger partial charge in [-0.2, -0.15) is 0 Å². The normalized spacial score (nSPS) is 8.82. The molecule has 0 bridgehead atoms. The molecular formula is C8H12ClNO. The minimum absolute atomic E-state index is 0.0282. The van der Waals surface area contributed by atoms with Gasteiger partial charge >= 0.3 is 0 Å². The summed E-state index contributed by atoms with van der Waals surface area (Å²) in [7, 11) is 0. The van der Waals surface area contributed by atoms with Gasteiger partial charge in [0.25, 0.3) is 0 Å². The third kappa shape index (κ3) is 3.90. The van der Waals surface area contributed by atoms with E-state index >= 15 is 0 Å². The number of hydrogen-bond acceptors (Lipinski definition) is 1. The maximum absolute atomic E-state index is 11.1. The number of carbonyl (C=O) groups is 1. The van der Waals surface area contributed by atoms with Crippen LogP contribution in [0, 0.1) is 12.3 Å². The molecule has 0 aliphatic carbocycles. The van der Waals surface area contributed by atoms with Crippen molar-refractivity contribution in [3.63, 3.8) is 0 Å². The highest BCUT2D eigenvalue weighted by atomic mass is 35.5. The Morgan fingerprint density at radius 3 is 2.73 bits per heavy atom. The fourth-order valence-electron chi connectivity index (χ4n) is 0.725. The van der Waals surface area contributed by atoms with Gasteiger partial charge in [-0.15, -0.1) is 18.0 Å². The molecule has 0 N–H and O–H groups in total. The number of halogens is 1. The Hall–Kier alpha value is -0.680. The predicted octanol–water partition coefficient (Wildman–Crippen LogP) is 1.10. The minimum Gasteiger partial charge on any atom is -0.332 e. The standard InChI is InChI=1S/C8H12ClNO/c1-3-7-10(4-2)8(11)5-6-9/h1H,4-7H2,2H3. The van der Waals surface area contributed by atoms with Crippen molar-refractivity contribution < 1.29 is 4.79 Å². The Balaban J connectivity index is 3.83. The second kappa shape index (κ2) is 6.06. The maximum Gasteiger partial charge on any atom is 0.224 e. The van der Waals surface area contributed by atoms with Crippen molar-refractivity contribution in [2.45, 2.75) is 13.3 Å². The van der Waals surface area contributed by atoms with E-state index in [0.29, 0.717) is 25.4 Å². The zero-order chi connectivity index (χ0) is 8.69. The van der Waals surface area contributed by atoms with Crippen LogP contribution >= 0.6 is 11.6 Å². The Bertz CT molecular complexity index is 162. The van der Waals surface area contributed by atoms with Gasteiger partial charge in [-0.3, -0.25) is 4.79 Å². The Labute approximate surface area is 72.5 Å². The summed E-state index contributed by atoms with van der Waals surface area (Å²) in [5, 5.41) is 0. The molecule has 0 rings (SSSR count). The van der Waals surface area contributed by atoms with Gasteiger partial charge in [0.15, 0.2) is 0 Å². The van der Waals surface area contributed by atoms with Gasteiger partial charge in [0.1, 0.15) is 0 Å². The average molecular weight is 174 g/mol. The number of rotatable bonds is 4. The Morgan fingerprint density at radius 1 is 1.73 bits per heavy atom. The Kier molecular flexibility index (Phi) is 5.68. The fraction of sp³-hybridized carbons (Fsp3) is 0.625. The largest absolute Gasteiger partial charge is 0.332 e. The van der Waals surface area contributed by atoms with E-state index in [2.05, 4.69) is 5.92 Å². The zero-order valence-corrected chi connectivity index (χ0v) is 7.40. The summed E-state index contributed by atoms with van der Waals surface area (Å²) in [5.74, 6) is 2.81. The van der Waals surface area contributed by atoms with Crippen LogP contribution in [0.25, 0.3) is 0 Å². The summed E-state index contributed by atoms with van der Waals surface area (Å²) >= 11 is 5.40. The molecule has 0 spiro atoms. The van der Waals surface area contributed by atoms with E-state index < -0.39 is 0 Å². The molecular weight excluding hydrogens is 162 g/mol. The second-order valence-electron chi connectivity index (χ2n) is 2.05. The second-order valence-corrected chi connectivity index (χ2v) is 2.43. The monoisotopic (exact) mass is 173 g/mol. The molecule has 0 atom stereocenters. The van der Waals surface area contributed by atoms with E-state index in [0.717, 1.165) is 0 Å². The van der Waals surface area contributed by atoms with Crippen LogP contribution in [0.15, 0.2) is 0 Å². The molecule has 0 aliphatic heterocycles. The summed E-state index contributed by atoms with van der Waals surface area (Å²) in [4.78, 5) is 12.7. The Morgan fingerprint density at radius 2 is 2.36 bits per heavy atom. The van der Waals surface area contributed by atoms with Crippen LogP contribution in [-0.4, -0.2) is 29.8 Å². The van der Waals surface area contributed by atoms with Crippen molar-refractivity contribution in [1.82, 2.24) is 4.90 Å². The summed E-state index contributed by atoms with van der Waals surface area (Å²) in [6.45, 7) is 2.93. The lowest BCUT2D eigenvalue weighted by molar-refractivity contribution is -0.129.